The van der Waals surface area contributed by atoms with E-state index in [1.54, 1.807) is 24.3 Å². The molecule has 1 heterocycles. The highest BCUT2D eigenvalue weighted by atomic mass is 32.2. The van der Waals surface area contributed by atoms with Crippen LogP contribution in [0.4, 0.5) is 5.69 Å². The van der Waals surface area contributed by atoms with Gasteiger partial charge in [0.15, 0.2) is 5.78 Å². The fourth-order valence-electron chi connectivity index (χ4n) is 9.34. The van der Waals surface area contributed by atoms with Crippen LogP contribution >= 0.6 is 0 Å². The zero-order chi connectivity index (χ0) is 34.4. The summed E-state index contributed by atoms with van der Waals surface area (Å²) >= 11 is 0. The number of carbonyl (C=O) groups excluding carboxylic acids is 4. The maximum Gasteiger partial charge on any atom is 0.324 e. The Morgan fingerprint density at radius 2 is 1.52 bits per heavy atom. The van der Waals surface area contributed by atoms with Crippen LogP contribution in [0.25, 0.3) is 0 Å². The van der Waals surface area contributed by atoms with E-state index in [0.29, 0.717) is 28.5 Å². The van der Waals surface area contributed by atoms with Gasteiger partial charge < -0.3 is 14.9 Å². The van der Waals surface area contributed by atoms with Crippen molar-refractivity contribution in [2.45, 2.75) is 76.9 Å². The third-order valence-corrected chi connectivity index (χ3v) is 11.1. The molecule has 13 heteroatoms. The minimum absolute atomic E-state index is 0.104. The minimum atomic E-state index is -4.15. The normalized spacial score (nSPS) is 28.3. The summed E-state index contributed by atoms with van der Waals surface area (Å²) in [6, 6.07) is 13.1. The molecule has 2 aromatic carbocycles. The first-order chi connectivity index (χ1) is 22.7. The van der Waals surface area contributed by atoms with E-state index in [-0.39, 0.29) is 23.9 Å². The molecule has 0 aromatic heterocycles. The smallest absolute Gasteiger partial charge is 0.324 e. The number of fused-ring (bicyclic) bond motifs is 1. The molecule has 3 amide bonds. The molecule has 0 spiro atoms. The summed E-state index contributed by atoms with van der Waals surface area (Å²) in [6.07, 6.45) is 6.63. The van der Waals surface area contributed by atoms with E-state index in [2.05, 4.69) is 0 Å². The topological polar surface area (TPSA) is 161 Å². The monoisotopic (exact) mass is 678 g/mol. The number of nitrogens with one attached hydrogen (secondary N) is 1. The molecule has 0 saturated heterocycles. The Kier molecular flexibility index (Phi) is 9.20. The van der Waals surface area contributed by atoms with Crippen molar-refractivity contribution in [3.8, 4) is 0 Å². The van der Waals surface area contributed by atoms with E-state index in [0.717, 1.165) is 55.2 Å². The lowest BCUT2D eigenvalue weighted by Gasteiger charge is -2.58. The van der Waals surface area contributed by atoms with Gasteiger partial charge in [0.2, 0.25) is 21.8 Å². The fourth-order valence-corrected chi connectivity index (χ4v) is 9.90. The summed E-state index contributed by atoms with van der Waals surface area (Å²) in [7, 11) is -4.15. The maximum absolute atomic E-state index is 15.2. The number of carboxylic acids is 1. The number of anilines is 1. The summed E-state index contributed by atoms with van der Waals surface area (Å²) < 4.78 is 24.5. The Bertz CT molecular complexity index is 1690. The number of Topliss-reactive ketones (excluding diaryl/α,β-unsaturated/α-hetero) is 1. The van der Waals surface area contributed by atoms with Gasteiger partial charge >= 0.3 is 5.97 Å². The highest BCUT2D eigenvalue weighted by Crippen LogP contribution is 2.62. The quantitative estimate of drug-likeness (QED) is 0.382. The number of aliphatic carboxylic acids is 1. The Morgan fingerprint density at radius 3 is 2.08 bits per heavy atom. The van der Waals surface area contributed by atoms with Crippen molar-refractivity contribution in [3.63, 3.8) is 0 Å². The number of ketones is 1. The van der Waals surface area contributed by atoms with Crippen molar-refractivity contribution in [1.29, 1.82) is 0 Å². The standard InChI is InChI=1S/C35H42N4O8S/c1-22(40)39-29(34(45)38(21-32(42)43)36-48(2,46)47)15-31(41)27-10-6-7-11-28(27)37(20-23-8-4-3-5-9-23)33(44)30(39)19-35-16-24-12-25(17-35)14-26(13-24)18-35/h3-11,24-26,29-30,36H,12-21H2,1-2H3,(H,42,43)/t24?,25?,26?,29-,30+,35?/m0/s1. The van der Waals surface area contributed by atoms with E-state index in [9.17, 15) is 32.7 Å². The number of hydrogen-bond donors (Lipinski definition) is 2. The summed E-state index contributed by atoms with van der Waals surface area (Å²) in [5, 5.41) is 10.0. The number of carbonyl (C=O) groups is 5. The van der Waals surface area contributed by atoms with Crippen molar-refractivity contribution in [1.82, 2.24) is 14.7 Å². The van der Waals surface area contributed by atoms with E-state index in [4.69, 9.17) is 0 Å². The number of carboxylic acid groups (broad SMARTS) is 1. The van der Waals surface area contributed by atoms with Crippen molar-refractivity contribution in [3.05, 3.63) is 65.7 Å². The predicted octanol–water partition coefficient (Wildman–Crippen LogP) is 3.38. The number of sulfonamides is 1. The second kappa shape index (κ2) is 13.1. The van der Waals surface area contributed by atoms with Gasteiger partial charge in [0.25, 0.3) is 5.91 Å². The average Bonchev–Trinajstić information content (AvgIpc) is 3.03. The second-order valence-corrected chi connectivity index (χ2v) is 16.0. The number of amides is 3. The summed E-state index contributed by atoms with van der Waals surface area (Å²) in [5.41, 5.74) is 1.06. The third kappa shape index (κ3) is 7.02. The van der Waals surface area contributed by atoms with Crippen LogP contribution in [0, 0.1) is 23.2 Å². The fraction of sp³-hybridized carbons (Fsp3) is 0.514. The van der Waals surface area contributed by atoms with Crippen LogP contribution < -0.4 is 9.73 Å². The van der Waals surface area contributed by atoms with E-state index < -0.39 is 64.5 Å². The van der Waals surface area contributed by atoms with Gasteiger partial charge in [0.1, 0.15) is 18.6 Å². The molecular weight excluding hydrogens is 636 g/mol. The Morgan fingerprint density at radius 1 is 0.938 bits per heavy atom. The maximum atomic E-state index is 15.2. The van der Waals surface area contributed by atoms with E-state index in [1.807, 2.05) is 35.2 Å². The zero-order valence-electron chi connectivity index (χ0n) is 27.2. The molecule has 4 fully saturated rings. The van der Waals surface area contributed by atoms with Crippen molar-refractivity contribution in [2.75, 3.05) is 17.7 Å². The van der Waals surface area contributed by atoms with Gasteiger partial charge in [-0.05, 0) is 85.8 Å². The first-order valence-electron chi connectivity index (χ1n) is 16.5. The van der Waals surface area contributed by atoms with Crippen LogP contribution in [-0.4, -0.2) is 77.8 Å². The SMILES string of the molecule is CC(=O)N1[C@H](CC23CC4CC(CC(C4)C2)C3)C(=O)N(Cc2ccccc2)c2ccccc2C(=O)C[C@H]1C(=O)N(CC(=O)O)NS(C)(=O)=O. The number of hydrogen-bond acceptors (Lipinski definition) is 7. The van der Waals surface area contributed by atoms with Crippen LogP contribution in [0.3, 0.4) is 0 Å². The largest absolute Gasteiger partial charge is 0.480 e. The molecule has 1 aliphatic heterocycles. The average molecular weight is 679 g/mol. The molecule has 4 saturated carbocycles. The molecule has 0 unspecified atom stereocenters. The molecule has 0 radical (unpaired) electrons. The van der Waals surface area contributed by atoms with Crippen LogP contribution in [0.1, 0.15) is 74.2 Å². The summed E-state index contributed by atoms with van der Waals surface area (Å²) in [6.45, 7) is 0.266. The highest BCUT2D eigenvalue weighted by molar-refractivity contribution is 7.88. The first-order valence-corrected chi connectivity index (χ1v) is 18.4. The van der Waals surface area contributed by atoms with Gasteiger partial charge in [0.05, 0.1) is 18.5 Å². The van der Waals surface area contributed by atoms with Crippen LogP contribution in [-0.2, 0) is 35.7 Å². The van der Waals surface area contributed by atoms with Crippen molar-refractivity contribution < 1.29 is 37.5 Å². The predicted molar refractivity (Wildman–Crippen MR) is 176 cm³/mol. The molecule has 7 rings (SSSR count). The summed E-state index contributed by atoms with van der Waals surface area (Å²) in [4.78, 5) is 73.9. The van der Waals surface area contributed by atoms with E-state index in [1.165, 1.54) is 11.8 Å². The molecule has 4 aliphatic carbocycles. The van der Waals surface area contributed by atoms with Crippen molar-refractivity contribution >= 4 is 45.2 Å². The van der Waals surface area contributed by atoms with Crippen LogP contribution in [0.2, 0.25) is 0 Å². The molecule has 48 heavy (non-hydrogen) atoms. The molecule has 4 bridgehead atoms. The molecule has 5 aliphatic rings. The molecule has 2 atom stereocenters. The lowest BCUT2D eigenvalue weighted by atomic mass is 9.48. The first kappa shape index (κ1) is 33.8. The summed E-state index contributed by atoms with van der Waals surface area (Å²) in [5.74, 6) is -2.69. The molecule has 2 N–H and O–H groups in total. The van der Waals surface area contributed by atoms with Crippen LogP contribution in [0.15, 0.2) is 54.6 Å². The zero-order valence-corrected chi connectivity index (χ0v) is 28.0. The van der Waals surface area contributed by atoms with Gasteiger partial charge in [-0.1, -0.05) is 42.5 Å². The number of hydrazine groups is 1. The Hall–Kier alpha value is -4.10. The van der Waals surface area contributed by atoms with Gasteiger partial charge in [-0.25, -0.2) is 8.42 Å². The Labute approximate surface area is 280 Å². The van der Waals surface area contributed by atoms with Crippen molar-refractivity contribution in [2.24, 2.45) is 23.2 Å². The van der Waals surface area contributed by atoms with E-state index >= 15 is 4.79 Å². The molecular formula is C35H42N4O8S. The lowest BCUT2D eigenvalue weighted by molar-refractivity contribution is -0.156. The van der Waals surface area contributed by atoms with Gasteiger partial charge in [0, 0.05) is 18.9 Å². The Balaban J connectivity index is 1.51. The number of para-hydroxylation sites is 1. The number of nitrogens with zero attached hydrogens (tertiary/aromatic N) is 3. The molecule has 256 valence electrons. The second-order valence-electron chi connectivity index (χ2n) is 14.3. The minimum Gasteiger partial charge on any atom is -0.480 e. The van der Waals surface area contributed by atoms with Gasteiger partial charge in [-0.3, -0.25) is 29.0 Å². The lowest BCUT2D eigenvalue weighted by Crippen LogP contribution is -2.62. The van der Waals surface area contributed by atoms with Crippen LogP contribution in [0.5, 0.6) is 0 Å². The molecule has 2 aromatic rings. The van der Waals surface area contributed by atoms with Gasteiger partial charge in [-0.2, -0.15) is 0 Å². The molecule has 12 nitrogen and oxygen atoms in total. The number of rotatable bonds is 9. The number of benzene rings is 2. The third-order valence-electron chi connectivity index (χ3n) is 10.6. The van der Waals surface area contributed by atoms with Gasteiger partial charge in [-0.15, -0.1) is 4.83 Å². The highest BCUT2D eigenvalue weighted by Gasteiger charge is 2.54.